The van der Waals surface area contributed by atoms with Crippen LogP contribution >= 0.6 is 11.6 Å². The van der Waals surface area contributed by atoms with Gasteiger partial charge in [-0.1, -0.05) is 11.6 Å². The summed E-state index contributed by atoms with van der Waals surface area (Å²) >= 11 is 6.58. The number of nitrogens with two attached hydrogens (primary N) is 1. The summed E-state index contributed by atoms with van der Waals surface area (Å²) in [7, 11) is 1.74. The standard InChI is InChI=1S/C27H35ClF2N6O3/c1-15-24(23(16(2)31)17(3)37)33-25(20-7-19(5-6-21(20)28)39-10-18(38)8-32-4)34-26(15)36-13-27(14-36)11-35(12-27)9-22(29)30/h5-7,18,22,32,38H,8-14,31H2,1-4H3/t18-/m1/s1. The number of rotatable bonds is 11. The largest absolute Gasteiger partial charge is 0.491 e. The number of likely N-dealkylation sites (tertiary alicyclic amines) is 1. The maximum absolute atomic E-state index is 12.8. The molecule has 212 valence electrons. The SMILES string of the molecule is CNC[C@@H](O)COc1ccc(Cl)c(-c2nc(C(C(C)=O)=C(C)N)c(C)c(N3CC4(CN(CC(F)F)C4)C3)n2)c1. The van der Waals surface area contributed by atoms with Crippen molar-refractivity contribution >= 4 is 28.8 Å². The van der Waals surface area contributed by atoms with Gasteiger partial charge in [-0.3, -0.25) is 9.69 Å². The van der Waals surface area contributed by atoms with E-state index in [9.17, 15) is 18.7 Å². The summed E-state index contributed by atoms with van der Waals surface area (Å²) in [5.74, 6) is 1.19. The Hall–Kier alpha value is -2.86. The summed E-state index contributed by atoms with van der Waals surface area (Å²) in [6.45, 7) is 7.72. The molecule has 39 heavy (non-hydrogen) atoms. The van der Waals surface area contributed by atoms with Crippen molar-refractivity contribution in [1.82, 2.24) is 20.2 Å². The van der Waals surface area contributed by atoms with Crippen LogP contribution in [0.5, 0.6) is 5.75 Å². The number of hydrogen-bond donors (Lipinski definition) is 3. The first kappa shape index (κ1) is 29.1. The van der Waals surface area contributed by atoms with Crippen molar-refractivity contribution in [3.8, 4) is 17.1 Å². The van der Waals surface area contributed by atoms with Crippen molar-refractivity contribution in [2.45, 2.75) is 33.3 Å². The number of ketones is 1. The number of ether oxygens (including phenoxy) is 1. The normalized spacial score (nSPS) is 18.0. The molecule has 2 aliphatic heterocycles. The highest BCUT2D eigenvalue weighted by Crippen LogP contribution is 2.44. The second kappa shape index (κ2) is 11.7. The van der Waals surface area contributed by atoms with Crippen LogP contribution in [0.25, 0.3) is 17.0 Å². The molecule has 0 saturated carbocycles. The number of aliphatic hydroxyl groups is 1. The van der Waals surface area contributed by atoms with E-state index < -0.39 is 12.5 Å². The zero-order valence-corrected chi connectivity index (χ0v) is 23.4. The zero-order valence-electron chi connectivity index (χ0n) is 22.6. The van der Waals surface area contributed by atoms with E-state index in [4.69, 9.17) is 32.0 Å². The molecule has 12 heteroatoms. The molecule has 9 nitrogen and oxygen atoms in total. The highest BCUT2D eigenvalue weighted by molar-refractivity contribution is 6.33. The Kier molecular flexibility index (Phi) is 8.75. The average Bonchev–Trinajstić information content (AvgIpc) is 2.80. The van der Waals surface area contributed by atoms with Gasteiger partial charge < -0.3 is 25.8 Å². The minimum Gasteiger partial charge on any atom is -0.491 e. The number of allylic oxidation sites excluding steroid dienone is 2. The number of aromatic nitrogens is 2. The molecule has 0 radical (unpaired) electrons. The van der Waals surface area contributed by atoms with Crippen LogP contribution in [0.15, 0.2) is 23.9 Å². The molecule has 2 saturated heterocycles. The number of hydrogen-bond acceptors (Lipinski definition) is 9. The molecule has 3 heterocycles. The fraction of sp³-hybridized carbons (Fsp3) is 0.519. The predicted octanol–water partition coefficient (Wildman–Crippen LogP) is 2.73. The van der Waals surface area contributed by atoms with Gasteiger partial charge in [0.25, 0.3) is 6.43 Å². The molecule has 2 fully saturated rings. The number of benzene rings is 1. The Labute approximate surface area is 232 Å². The van der Waals surface area contributed by atoms with Crippen molar-refractivity contribution in [1.29, 1.82) is 0 Å². The van der Waals surface area contributed by atoms with Crippen molar-refractivity contribution in [3.63, 3.8) is 0 Å². The minimum absolute atomic E-state index is 0.0464. The molecular formula is C27H35ClF2N6O3. The average molecular weight is 565 g/mol. The number of carbonyl (C=O) groups is 1. The Morgan fingerprint density at radius 1 is 1.26 bits per heavy atom. The van der Waals surface area contributed by atoms with Crippen LogP contribution in [0.1, 0.15) is 25.1 Å². The first-order valence-electron chi connectivity index (χ1n) is 12.8. The number of anilines is 1. The van der Waals surface area contributed by atoms with Crippen LogP contribution < -0.4 is 20.7 Å². The van der Waals surface area contributed by atoms with Crippen molar-refractivity contribution in [2.24, 2.45) is 11.1 Å². The second-order valence-corrected chi connectivity index (χ2v) is 10.9. The monoisotopic (exact) mass is 564 g/mol. The molecule has 0 amide bonds. The maximum Gasteiger partial charge on any atom is 0.251 e. The van der Waals surface area contributed by atoms with Gasteiger partial charge in [0, 0.05) is 55.0 Å². The summed E-state index contributed by atoms with van der Waals surface area (Å²) in [6.07, 6.45) is -3.04. The molecule has 4 N–H and O–H groups in total. The number of aliphatic hydroxyl groups excluding tert-OH is 1. The topological polar surface area (TPSA) is 117 Å². The molecule has 4 rings (SSSR count). The molecule has 0 aliphatic carbocycles. The third-order valence-corrected chi connectivity index (χ3v) is 7.36. The second-order valence-electron chi connectivity index (χ2n) is 10.5. The highest BCUT2D eigenvalue weighted by Gasteiger charge is 2.52. The molecule has 1 aromatic carbocycles. The lowest BCUT2D eigenvalue weighted by atomic mass is 9.72. The van der Waals surface area contributed by atoms with E-state index in [0.717, 1.165) is 0 Å². The van der Waals surface area contributed by atoms with Crippen LogP contribution in [0.4, 0.5) is 14.6 Å². The van der Waals surface area contributed by atoms with E-state index in [1.165, 1.54) is 6.92 Å². The first-order valence-corrected chi connectivity index (χ1v) is 13.2. The quantitative estimate of drug-likeness (QED) is 0.354. The first-order chi connectivity index (χ1) is 18.4. The fourth-order valence-corrected chi connectivity index (χ4v) is 5.60. The molecule has 2 aliphatic rings. The van der Waals surface area contributed by atoms with E-state index >= 15 is 0 Å². The number of nitrogens with zero attached hydrogens (tertiary/aromatic N) is 4. The van der Waals surface area contributed by atoms with Crippen LogP contribution in [-0.4, -0.2) is 91.2 Å². The minimum atomic E-state index is -2.35. The number of carbonyl (C=O) groups excluding carboxylic acids is 1. The third-order valence-electron chi connectivity index (χ3n) is 7.03. The zero-order chi connectivity index (χ0) is 28.5. The van der Waals surface area contributed by atoms with Crippen LogP contribution in [0, 0.1) is 12.3 Å². The molecular weight excluding hydrogens is 530 g/mol. The van der Waals surface area contributed by atoms with Crippen LogP contribution in [0.3, 0.4) is 0 Å². The van der Waals surface area contributed by atoms with Gasteiger partial charge in [-0.15, -0.1) is 0 Å². The van der Waals surface area contributed by atoms with Gasteiger partial charge in [-0.25, -0.2) is 18.7 Å². The van der Waals surface area contributed by atoms with Gasteiger partial charge in [0.15, 0.2) is 11.6 Å². The fourth-order valence-electron chi connectivity index (χ4n) is 5.40. The van der Waals surface area contributed by atoms with Crippen molar-refractivity contribution in [2.75, 3.05) is 57.8 Å². The molecule has 1 spiro atoms. The number of Topliss-reactive ketones (excluding diaryl/α,β-unsaturated/α-hetero) is 1. The predicted molar refractivity (Wildman–Crippen MR) is 147 cm³/mol. The molecule has 2 aromatic rings. The maximum atomic E-state index is 12.8. The molecule has 1 aromatic heterocycles. The van der Waals surface area contributed by atoms with Gasteiger partial charge in [-0.05, 0) is 46.0 Å². The highest BCUT2D eigenvalue weighted by atomic mass is 35.5. The summed E-state index contributed by atoms with van der Waals surface area (Å²) in [4.78, 5) is 26.0. The summed E-state index contributed by atoms with van der Waals surface area (Å²) in [6, 6.07) is 5.06. The Morgan fingerprint density at radius 2 is 1.95 bits per heavy atom. The third kappa shape index (κ3) is 6.32. The summed E-state index contributed by atoms with van der Waals surface area (Å²) in [5, 5.41) is 13.3. The lowest BCUT2D eigenvalue weighted by molar-refractivity contribution is -0.111. The summed E-state index contributed by atoms with van der Waals surface area (Å²) in [5.41, 5.74) is 8.33. The lowest BCUT2D eigenvalue weighted by Crippen LogP contribution is -2.72. The van der Waals surface area contributed by atoms with E-state index in [0.29, 0.717) is 83.2 Å². The van der Waals surface area contributed by atoms with Gasteiger partial charge in [0.05, 0.1) is 22.8 Å². The van der Waals surface area contributed by atoms with E-state index in [-0.39, 0.29) is 24.3 Å². The van der Waals surface area contributed by atoms with Crippen molar-refractivity contribution < 1.29 is 23.4 Å². The number of likely N-dealkylation sites (N-methyl/N-ethyl adjacent to an activating group) is 1. The van der Waals surface area contributed by atoms with Crippen LogP contribution in [0.2, 0.25) is 5.02 Å². The van der Waals surface area contributed by atoms with E-state index in [2.05, 4.69) is 10.2 Å². The Bertz CT molecular complexity index is 1260. The molecule has 0 bridgehead atoms. The van der Waals surface area contributed by atoms with Crippen LogP contribution in [-0.2, 0) is 4.79 Å². The Morgan fingerprint density at radius 3 is 2.54 bits per heavy atom. The van der Waals surface area contributed by atoms with Gasteiger partial charge in [0.2, 0.25) is 0 Å². The Balaban J connectivity index is 1.69. The smallest absolute Gasteiger partial charge is 0.251 e. The van der Waals surface area contributed by atoms with Crippen molar-refractivity contribution in [3.05, 3.63) is 40.2 Å². The summed E-state index contributed by atoms with van der Waals surface area (Å²) < 4.78 is 31.3. The van der Waals surface area contributed by atoms with Gasteiger partial charge >= 0.3 is 0 Å². The molecule has 1 atom stereocenters. The number of halogens is 3. The lowest BCUT2D eigenvalue weighted by Gasteiger charge is -2.60. The van der Waals surface area contributed by atoms with E-state index in [1.807, 2.05) is 6.92 Å². The number of alkyl halides is 2. The van der Waals surface area contributed by atoms with Gasteiger partial charge in [-0.2, -0.15) is 0 Å². The van der Waals surface area contributed by atoms with E-state index in [1.54, 1.807) is 37.1 Å². The van der Waals surface area contributed by atoms with Gasteiger partial charge in [0.1, 0.15) is 24.3 Å². The molecule has 0 unspecified atom stereocenters. The number of nitrogens with one attached hydrogen (secondary N) is 1.